The molecule has 1 aromatic carbocycles. The van der Waals surface area contributed by atoms with Crippen molar-refractivity contribution in [1.29, 1.82) is 0 Å². The number of aryl methyl sites for hydroxylation is 1. The number of hydrazine groups is 2. The third kappa shape index (κ3) is 5.51. The van der Waals surface area contributed by atoms with E-state index in [0.29, 0.717) is 12.1 Å². The van der Waals surface area contributed by atoms with E-state index in [2.05, 4.69) is 26.4 Å². The van der Waals surface area contributed by atoms with Gasteiger partial charge in [-0.2, -0.15) is 10.5 Å². The molecule has 3 rings (SSSR count). The predicted octanol–water partition coefficient (Wildman–Crippen LogP) is 0.125. The summed E-state index contributed by atoms with van der Waals surface area (Å²) in [6.07, 6.45) is 5.42. The number of hydrogen-bond donors (Lipinski definition) is 6. The van der Waals surface area contributed by atoms with Gasteiger partial charge in [0.1, 0.15) is 0 Å². The smallest absolute Gasteiger partial charge is 0.223 e. The Balaban J connectivity index is 0.000000182. The van der Waals surface area contributed by atoms with E-state index in [0.717, 1.165) is 11.3 Å². The predicted molar refractivity (Wildman–Crippen MR) is 93.7 cm³/mol. The van der Waals surface area contributed by atoms with Gasteiger partial charge in [0.25, 0.3) is 0 Å². The molecule has 9 N–H and O–H groups in total. The largest absolute Gasteiger partial charge is 0.370 e. The number of para-hydroxylation sites is 1. The second-order valence-electron chi connectivity index (χ2n) is 5.70. The van der Waals surface area contributed by atoms with Crippen molar-refractivity contribution in [2.45, 2.75) is 44.7 Å². The molecule has 1 aliphatic heterocycles. The molecule has 1 aromatic rings. The molecular formula is C15H26N8. The van der Waals surface area contributed by atoms with Crippen LogP contribution in [0.15, 0.2) is 34.3 Å². The third-order valence-corrected chi connectivity index (χ3v) is 3.88. The van der Waals surface area contributed by atoms with Crippen molar-refractivity contribution in [2.75, 3.05) is 0 Å². The molecule has 23 heavy (non-hydrogen) atoms. The maximum atomic E-state index is 5.48. The zero-order chi connectivity index (χ0) is 16.7. The second kappa shape index (κ2) is 8.47. The lowest BCUT2D eigenvalue weighted by Crippen LogP contribution is -2.36. The Morgan fingerprint density at radius 3 is 2.22 bits per heavy atom. The number of hydrogen-bond acceptors (Lipinski definition) is 4. The maximum Gasteiger partial charge on any atom is 0.223 e. The van der Waals surface area contributed by atoms with E-state index >= 15 is 0 Å². The van der Waals surface area contributed by atoms with Gasteiger partial charge in [0.05, 0.1) is 5.69 Å². The van der Waals surface area contributed by atoms with Gasteiger partial charge in [0.2, 0.25) is 5.96 Å². The van der Waals surface area contributed by atoms with Crippen LogP contribution in [-0.2, 0) is 0 Å². The van der Waals surface area contributed by atoms with Gasteiger partial charge in [-0.1, -0.05) is 31.0 Å². The zero-order valence-corrected chi connectivity index (χ0v) is 13.4. The van der Waals surface area contributed by atoms with E-state index in [1.807, 2.05) is 31.2 Å². The zero-order valence-electron chi connectivity index (χ0n) is 13.4. The van der Waals surface area contributed by atoms with Crippen LogP contribution in [0, 0.1) is 6.92 Å². The first-order valence-electron chi connectivity index (χ1n) is 7.81. The lowest BCUT2D eigenvalue weighted by atomic mass is 9.92. The topological polar surface area (TPSA) is 139 Å². The second-order valence-corrected chi connectivity index (χ2v) is 5.70. The fraction of sp³-hybridized carbons (Fsp3) is 0.467. The molecule has 8 nitrogen and oxygen atoms in total. The van der Waals surface area contributed by atoms with Crippen molar-refractivity contribution < 1.29 is 0 Å². The highest BCUT2D eigenvalue weighted by Gasteiger charge is 2.28. The van der Waals surface area contributed by atoms with Gasteiger partial charge >= 0.3 is 0 Å². The number of rotatable bonds is 1. The minimum Gasteiger partial charge on any atom is -0.370 e. The standard InChI is InChI=1S/C9H13N5.C6H13N3/c1-6-4-2-3-5-7(6)13-9(12)14-8(10)11;1-2-4-6-5(3-1)7-9-8-6/h2-5H,1H3,(H6,10,11,12,13,14);5-9H,1-4H2. The van der Waals surface area contributed by atoms with Crippen LogP contribution in [0.1, 0.15) is 31.2 Å². The minimum atomic E-state index is -0.0974. The van der Waals surface area contributed by atoms with Gasteiger partial charge in [-0.05, 0) is 31.4 Å². The molecule has 0 aromatic heterocycles. The Hall–Kier alpha value is -2.16. The van der Waals surface area contributed by atoms with Crippen LogP contribution in [-0.4, -0.2) is 24.0 Å². The summed E-state index contributed by atoms with van der Waals surface area (Å²) in [7, 11) is 0. The fourth-order valence-corrected chi connectivity index (χ4v) is 2.67. The summed E-state index contributed by atoms with van der Waals surface area (Å²) in [5.74, 6) is -0.0425. The van der Waals surface area contributed by atoms with Crippen LogP contribution >= 0.6 is 0 Å². The lowest BCUT2D eigenvalue weighted by molar-refractivity contribution is 0.374. The van der Waals surface area contributed by atoms with Gasteiger partial charge in [-0.25, -0.2) is 15.8 Å². The van der Waals surface area contributed by atoms with Crippen molar-refractivity contribution in [2.24, 2.45) is 27.2 Å². The molecule has 2 fully saturated rings. The first-order valence-corrected chi connectivity index (χ1v) is 7.81. The van der Waals surface area contributed by atoms with Gasteiger partial charge in [0.15, 0.2) is 5.96 Å². The lowest BCUT2D eigenvalue weighted by Gasteiger charge is -2.22. The number of fused-ring (bicyclic) bond motifs is 1. The highest BCUT2D eigenvalue weighted by atomic mass is 15.7. The van der Waals surface area contributed by atoms with Crippen molar-refractivity contribution >= 4 is 17.6 Å². The number of guanidine groups is 2. The molecule has 2 atom stereocenters. The van der Waals surface area contributed by atoms with Gasteiger partial charge in [-0.3, -0.25) is 0 Å². The van der Waals surface area contributed by atoms with Crippen molar-refractivity contribution in [1.82, 2.24) is 16.4 Å². The molecule has 1 aliphatic carbocycles. The summed E-state index contributed by atoms with van der Waals surface area (Å²) in [6.45, 7) is 1.93. The molecule has 126 valence electrons. The van der Waals surface area contributed by atoms with Crippen molar-refractivity contribution in [3.8, 4) is 0 Å². The molecule has 0 amide bonds. The summed E-state index contributed by atoms with van der Waals surface area (Å²) in [5.41, 5.74) is 26.9. The van der Waals surface area contributed by atoms with Crippen LogP contribution < -0.4 is 33.6 Å². The van der Waals surface area contributed by atoms with Crippen LogP contribution in [0.2, 0.25) is 0 Å². The number of nitrogens with one attached hydrogen (secondary N) is 3. The van der Waals surface area contributed by atoms with Crippen LogP contribution in [0.4, 0.5) is 5.69 Å². The Bertz CT molecular complexity index is 552. The van der Waals surface area contributed by atoms with E-state index < -0.39 is 0 Å². The summed E-state index contributed by atoms with van der Waals surface area (Å²) >= 11 is 0. The minimum absolute atomic E-state index is 0.0549. The van der Waals surface area contributed by atoms with E-state index in [1.54, 1.807) is 0 Å². The van der Waals surface area contributed by atoms with Crippen molar-refractivity contribution in [3.05, 3.63) is 29.8 Å². The molecule has 8 heteroatoms. The van der Waals surface area contributed by atoms with E-state index in [4.69, 9.17) is 17.2 Å². The molecule has 0 radical (unpaired) electrons. The molecular weight excluding hydrogens is 292 g/mol. The average Bonchev–Trinajstić information content (AvgIpc) is 2.98. The molecule has 1 heterocycles. The Morgan fingerprint density at radius 2 is 1.65 bits per heavy atom. The number of nitrogens with zero attached hydrogens (tertiary/aromatic N) is 2. The summed E-state index contributed by atoms with van der Waals surface area (Å²) in [5, 5.41) is 0. The summed E-state index contributed by atoms with van der Waals surface area (Å²) in [6, 6.07) is 8.95. The normalized spacial score (nSPS) is 23.4. The van der Waals surface area contributed by atoms with Crippen LogP contribution in [0.3, 0.4) is 0 Å². The Kier molecular flexibility index (Phi) is 6.33. The number of aliphatic imine (C=N–C) groups is 2. The van der Waals surface area contributed by atoms with Crippen LogP contribution in [0.5, 0.6) is 0 Å². The highest BCUT2D eigenvalue weighted by Crippen LogP contribution is 2.19. The Labute approximate surface area is 136 Å². The highest BCUT2D eigenvalue weighted by molar-refractivity contribution is 5.93. The SMILES string of the molecule is C1CCC2NNNC2C1.Cc1ccccc1N=C(N)N=C(N)N. The molecule has 1 saturated heterocycles. The molecule has 2 aliphatic rings. The molecule has 2 unspecified atom stereocenters. The number of benzene rings is 1. The Morgan fingerprint density at radius 1 is 1.04 bits per heavy atom. The van der Waals surface area contributed by atoms with Gasteiger partial charge in [0, 0.05) is 12.1 Å². The quantitative estimate of drug-likeness (QED) is 0.321. The monoisotopic (exact) mass is 318 g/mol. The molecule has 0 bridgehead atoms. The summed E-state index contributed by atoms with van der Waals surface area (Å²) in [4.78, 5) is 7.66. The molecule has 0 spiro atoms. The number of nitrogens with two attached hydrogens (primary N) is 3. The van der Waals surface area contributed by atoms with E-state index in [9.17, 15) is 0 Å². The first kappa shape index (κ1) is 17.2. The molecule has 1 saturated carbocycles. The van der Waals surface area contributed by atoms with Crippen LogP contribution in [0.25, 0.3) is 0 Å². The fourth-order valence-electron chi connectivity index (χ4n) is 2.67. The summed E-state index contributed by atoms with van der Waals surface area (Å²) < 4.78 is 0. The van der Waals surface area contributed by atoms with Gasteiger partial charge in [-0.15, -0.1) is 0 Å². The van der Waals surface area contributed by atoms with Crippen molar-refractivity contribution in [3.63, 3.8) is 0 Å². The average molecular weight is 318 g/mol. The first-order chi connectivity index (χ1) is 11.1. The van der Waals surface area contributed by atoms with E-state index in [1.165, 1.54) is 25.7 Å². The maximum absolute atomic E-state index is 5.48. The van der Waals surface area contributed by atoms with Gasteiger partial charge < -0.3 is 17.2 Å². The van der Waals surface area contributed by atoms with E-state index in [-0.39, 0.29) is 11.9 Å². The third-order valence-electron chi connectivity index (χ3n) is 3.88.